The lowest BCUT2D eigenvalue weighted by Gasteiger charge is -2.23. The normalized spacial score (nSPS) is 11.9. The van der Waals surface area contributed by atoms with Gasteiger partial charge >= 0.3 is 0 Å². The van der Waals surface area contributed by atoms with Gasteiger partial charge in [0.1, 0.15) is 6.54 Å². The Labute approximate surface area is 116 Å². The summed E-state index contributed by atoms with van der Waals surface area (Å²) in [5.41, 5.74) is 0. The Kier molecular flexibility index (Phi) is 4.54. The van der Waals surface area contributed by atoms with Gasteiger partial charge in [0.2, 0.25) is 0 Å². The first-order valence-electron chi connectivity index (χ1n) is 7.23. The molecule has 0 radical (unpaired) electrons. The molecule has 0 aliphatic heterocycles. The lowest BCUT2D eigenvalue weighted by molar-refractivity contribution is -0.870. The molecule has 0 unspecified atom stereocenters. The molecule has 0 aliphatic rings. The van der Waals surface area contributed by atoms with E-state index in [4.69, 9.17) is 0 Å². The quantitative estimate of drug-likeness (QED) is 0.426. The molecule has 1 heterocycles. The maximum atomic E-state index is 2.31. The van der Waals surface area contributed by atoms with E-state index in [0.717, 1.165) is 11.0 Å². The number of pyridine rings is 1. The topological polar surface area (TPSA) is 3.88 Å². The van der Waals surface area contributed by atoms with Crippen molar-refractivity contribution in [1.82, 2.24) is 0 Å². The first kappa shape index (κ1) is 14.0. The predicted molar refractivity (Wildman–Crippen MR) is 80.9 cm³/mol. The smallest absolute Gasteiger partial charge is 0.176 e. The first-order chi connectivity index (χ1) is 9.04. The minimum Gasteiger partial charge on any atom is -0.331 e. The van der Waals surface area contributed by atoms with Gasteiger partial charge in [0.15, 0.2) is 12.4 Å². The molecule has 1 aromatic heterocycles. The van der Waals surface area contributed by atoms with Gasteiger partial charge in [-0.05, 0) is 24.3 Å². The maximum absolute atomic E-state index is 2.31. The molecule has 0 N–H and O–H groups in total. The van der Waals surface area contributed by atoms with Crippen LogP contribution in [0.25, 0.3) is 10.8 Å². The van der Waals surface area contributed by atoms with Crippen LogP contribution in [-0.2, 0) is 6.54 Å². The third-order valence-corrected chi connectivity index (χ3v) is 3.49. The molecule has 0 bridgehead atoms. The van der Waals surface area contributed by atoms with Crippen molar-refractivity contribution in [3.8, 4) is 0 Å². The summed E-state index contributed by atoms with van der Waals surface area (Å²) in [5.74, 6) is 0. The van der Waals surface area contributed by atoms with Crippen LogP contribution in [0, 0.1) is 0 Å². The molecule has 2 heteroatoms. The van der Waals surface area contributed by atoms with Crippen LogP contribution >= 0.6 is 0 Å². The van der Waals surface area contributed by atoms with Crippen LogP contribution < -0.4 is 4.57 Å². The lowest BCUT2D eigenvalue weighted by Crippen LogP contribution is -2.35. The summed E-state index contributed by atoms with van der Waals surface area (Å²) in [6, 6.07) is 10.8. The summed E-state index contributed by atoms with van der Waals surface area (Å²) in [6.45, 7) is 2.39. The molecule has 19 heavy (non-hydrogen) atoms. The molecule has 102 valence electrons. The van der Waals surface area contributed by atoms with Gasteiger partial charge in [-0.1, -0.05) is 18.2 Å². The Bertz CT molecular complexity index is 526. The van der Waals surface area contributed by atoms with Gasteiger partial charge in [0, 0.05) is 17.9 Å². The monoisotopic (exact) mass is 258 g/mol. The second-order valence-electron chi connectivity index (χ2n) is 6.39. The fraction of sp³-hybridized carbons (Fsp3) is 0.471. The van der Waals surface area contributed by atoms with Crippen LogP contribution in [0.2, 0.25) is 0 Å². The first-order valence-corrected chi connectivity index (χ1v) is 7.23. The van der Waals surface area contributed by atoms with Gasteiger partial charge in [-0.2, -0.15) is 0 Å². The minimum atomic E-state index is 1.07. The summed E-state index contributed by atoms with van der Waals surface area (Å²) in [7, 11) is 6.79. The number of fused-ring (bicyclic) bond motifs is 1. The van der Waals surface area contributed by atoms with Gasteiger partial charge in [-0.3, -0.25) is 0 Å². The molecule has 1 aromatic carbocycles. The van der Waals surface area contributed by atoms with Gasteiger partial charge in [0.25, 0.3) is 0 Å². The molecular weight excluding hydrogens is 232 g/mol. The number of hydrogen-bond acceptors (Lipinski definition) is 0. The number of nitrogens with zero attached hydrogens (tertiary/aromatic N) is 2. The second kappa shape index (κ2) is 6.16. The van der Waals surface area contributed by atoms with E-state index in [0.29, 0.717) is 0 Å². The van der Waals surface area contributed by atoms with Crippen LogP contribution in [0.4, 0.5) is 0 Å². The highest BCUT2D eigenvalue weighted by atomic mass is 15.3. The van der Waals surface area contributed by atoms with Crippen LogP contribution in [0.3, 0.4) is 0 Å². The third-order valence-electron chi connectivity index (χ3n) is 3.49. The molecule has 0 fully saturated rings. The minimum absolute atomic E-state index is 1.07. The van der Waals surface area contributed by atoms with Gasteiger partial charge in [0.05, 0.1) is 27.7 Å². The Morgan fingerprint density at radius 3 is 2.37 bits per heavy atom. The Balaban J connectivity index is 1.82. The van der Waals surface area contributed by atoms with Crippen molar-refractivity contribution in [2.75, 3.05) is 27.7 Å². The lowest BCUT2D eigenvalue weighted by atomic mass is 10.2. The zero-order chi connectivity index (χ0) is 13.7. The van der Waals surface area contributed by atoms with Crippen molar-refractivity contribution in [3.63, 3.8) is 0 Å². The molecule has 2 nitrogen and oxygen atoms in total. The third kappa shape index (κ3) is 4.64. The number of unbranched alkanes of at least 4 members (excludes halogenated alkanes) is 2. The zero-order valence-corrected chi connectivity index (χ0v) is 12.5. The number of quaternary nitrogens is 1. The number of benzene rings is 1. The Morgan fingerprint density at radius 1 is 0.895 bits per heavy atom. The van der Waals surface area contributed by atoms with E-state index in [-0.39, 0.29) is 0 Å². The Hall–Kier alpha value is -1.41. The summed E-state index contributed by atoms with van der Waals surface area (Å²) in [5, 5.41) is 2.65. The van der Waals surface area contributed by atoms with Crippen molar-refractivity contribution in [2.45, 2.75) is 25.8 Å². The highest BCUT2D eigenvalue weighted by Gasteiger charge is 2.07. The summed E-state index contributed by atoms with van der Waals surface area (Å²) in [4.78, 5) is 0. The average Bonchev–Trinajstić information content (AvgIpc) is 2.37. The number of aromatic nitrogens is 1. The molecule has 0 saturated heterocycles. The van der Waals surface area contributed by atoms with E-state index < -0.39 is 0 Å². The average molecular weight is 258 g/mol. The van der Waals surface area contributed by atoms with Gasteiger partial charge in [-0.25, -0.2) is 4.57 Å². The van der Waals surface area contributed by atoms with Crippen molar-refractivity contribution in [1.29, 1.82) is 0 Å². The largest absolute Gasteiger partial charge is 0.331 e. The SMILES string of the molecule is C[N+](C)(C)CCCCC[n+]1ccc2ccccc2c1. The molecule has 0 spiro atoms. The molecule has 0 atom stereocenters. The standard InChI is InChI=1S/C17H26N2/c1-19(2,3)14-8-4-7-12-18-13-11-16-9-5-6-10-17(16)15-18/h5-6,9-11,13,15H,4,7-8,12,14H2,1-3H3/q+2. The molecule has 2 aromatic rings. The number of aryl methyl sites for hydroxylation is 1. The Morgan fingerprint density at radius 2 is 1.63 bits per heavy atom. The fourth-order valence-electron chi connectivity index (χ4n) is 2.37. The van der Waals surface area contributed by atoms with E-state index in [1.165, 1.54) is 36.6 Å². The van der Waals surface area contributed by atoms with Crippen molar-refractivity contribution >= 4 is 10.8 Å². The summed E-state index contributed by atoms with van der Waals surface area (Å²) >= 11 is 0. The number of hydrogen-bond donors (Lipinski definition) is 0. The van der Waals surface area contributed by atoms with E-state index >= 15 is 0 Å². The van der Waals surface area contributed by atoms with Crippen LogP contribution in [0.5, 0.6) is 0 Å². The van der Waals surface area contributed by atoms with Crippen LogP contribution in [0.1, 0.15) is 19.3 Å². The maximum Gasteiger partial charge on any atom is 0.176 e. The van der Waals surface area contributed by atoms with Crippen molar-refractivity contribution in [2.24, 2.45) is 0 Å². The molecular formula is C17H26N2+2. The summed E-state index contributed by atoms with van der Waals surface area (Å²) < 4.78 is 3.39. The van der Waals surface area contributed by atoms with Gasteiger partial charge < -0.3 is 4.48 Å². The van der Waals surface area contributed by atoms with Crippen molar-refractivity contribution < 1.29 is 9.05 Å². The van der Waals surface area contributed by atoms with Gasteiger partial charge in [-0.15, -0.1) is 0 Å². The van der Waals surface area contributed by atoms with E-state index in [1.807, 2.05) is 0 Å². The number of rotatable bonds is 6. The van der Waals surface area contributed by atoms with Crippen molar-refractivity contribution in [3.05, 3.63) is 42.7 Å². The molecule has 2 rings (SSSR count). The van der Waals surface area contributed by atoms with E-state index in [1.54, 1.807) is 0 Å². The molecule has 0 saturated carbocycles. The van der Waals surface area contributed by atoms with Crippen LogP contribution in [-0.4, -0.2) is 32.2 Å². The highest BCUT2D eigenvalue weighted by molar-refractivity contribution is 5.80. The summed E-state index contributed by atoms with van der Waals surface area (Å²) in [6.07, 6.45) is 8.35. The second-order valence-corrected chi connectivity index (χ2v) is 6.39. The predicted octanol–water partition coefficient (Wildman–Crippen LogP) is 3.00. The molecule has 0 amide bonds. The molecule has 0 aliphatic carbocycles. The fourth-order valence-corrected chi connectivity index (χ4v) is 2.37. The highest BCUT2D eigenvalue weighted by Crippen LogP contribution is 2.09. The van der Waals surface area contributed by atoms with Crippen LogP contribution in [0.15, 0.2) is 42.7 Å². The zero-order valence-electron chi connectivity index (χ0n) is 12.5. The van der Waals surface area contributed by atoms with E-state index in [2.05, 4.69) is 68.4 Å². The van der Waals surface area contributed by atoms with E-state index in [9.17, 15) is 0 Å².